The number of fused-ring (bicyclic) bond motifs is 1. The molecule has 25 heavy (non-hydrogen) atoms. The number of nitrogens with two attached hydrogens (primary N) is 1. The smallest absolute Gasteiger partial charge is 0.254 e. The SMILES string of the molecule is COc1ccc2c(C(=O)N3CC[C@H](CS(N)(=O)=O)C3)cc(C)nc2c1. The maximum Gasteiger partial charge on any atom is 0.254 e. The minimum Gasteiger partial charge on any atom is -0.497 e. The van der Waals surface area contributed by atoms with Gasteiger partial charge in [-0.1, -0.05) is 0 Å². The van der Waals surface area contributed by atoms with Gasteiger partial charge in [0, 0.05) is 30.2 Å². The normalized spacial score (nSPS) is 17.9. The molecule has 1 aromatic carbocycles. The number of likely N-dealkylation sites (tertiary alicyclic amines) is 1. The number of methoxy groups -OCH3 is 1. The molecule has 1 saturated heterocycles. The zero-order chi connectivity index (χ0) is 18.2. The minimum atomic E-state index is -3.53. The van der Waals surface area contributed by atoms with Crippen LogP contribution < -0.4 is 9.88 Å². The molecule has 0 saturated carbocycles. The molecule has 2 heterocycles. The maximum atomic E-state index is 13.0. The van der Waals surface area contributed by atoms with Gasteiger partial charge < -0.3 is 9.64 Å². The summed E-state index contributed by atoms with van der Waals surface area (Å²) < 4.78 is 27.8. The Hall–Kier alpha value is -2.19. The third-order valence-electron chi connectivity index (χ3n) is 4.42. The number of carbonyl (C=O) groups is 1. The summed E-state index contributed by atoms with van der Waals surface area (Å²) >= 11 is 0. The lowest BCUT2D eigenvalue weighted by Gasteiger charge is -2.18. The van der Waals surface area contributed by atoms with Crippen LogP contribution in [0, 0.1) is 12.8 Å². The molecule has 8 heteroatoms. The van der Waals surface area contributed by atoms with Gasteiger partial charge in [-0.3, -0.25) is 9.78 Å². The lowest BCUT2D eigenvalue weighted by molar-refractivity contribution is 0.0790. The van der Waals surface area contributed by atoms with E-state index in [0.717, 1.165) is 11.1 Å². The lowest BCUT2D eigenvalue weighted by atomic mass is 10.1. The van der Waals surface area contributed by atoms with E-state index in [1.807, 2.05) is 13.0 Å². The fourth-order valence-corrected chi connectivity index (χ4v) is 4.23. The third-order valence-corrected chi connectivity index (χ3v) is 5.35. The summed E-state index contributed by atoms with van der Waals surface area (Å²) in [4.78, 5) is 19.1. The van der Waals surface area contributed by atoms with E-state index in [-0.39, 0.29) is 17.6 Å². The molecular formula is C17H21N3O4S. The number of hydrogen-bond donors (Lipinski definition) is 1. The zero-order valence-electron chi connectivity index (χ0n) is 14.2. The topological polar surface area (TPSA) is 103 Å². The molecule has 2 aromatic rings. The van der Waals surface area contributed by atoms with E-state index < -0.39 is 10.0 Å². The zero-order valence-corrected chi connectivity index (χ0v) is 15.0. The molecule has 0 bridgehead atoms. The highest BCUT2D eigenvalue weighted by Gasteiger charge is 2.30. The molecular weight excluding hydrogens is 342 g/mol. The van der Waals surface area contributed by atoms with Crippen molar-refractivity contribution >= 4 is 26.8 Å². The van der Waals surface area contributed by atoms with Gasteiger partial charge in [0.05, 0.1) is 23.9 Å². The number of aromatic nitrogens is 1. The molecule has 2 N–H and O–H groups in total. The van der Waals surface area contributed by atoms with E-state index in [4.69, 9.17) is 9.88 Å². The van der Waals surface area contributed by atoms with Crippen LogP contribution in [-0.4, -0.2) is 50.2 Å². The summed E-state index contributed by atoms with van der Waals surface area (Å²) in [6.07, 6.45) is 0.637. The Balaban J connectivity index is 1.90. The van der Waals surface area contributed by atoms with Gasteiger partial charge in [-0.15, -0.1) is 0 Å². The van der Waals surface area contributed by atoms with Crippen molar-refractivity contribution in [2.75, 3.05) is 26.0 Å². The highest BCUT2D eigenvalue weighted by Crippen LogP contribution is 2.26. The Morgan fingerprint density at radius 2 is 2.16 bits per heavy atom. The molecule has 0 aliphatic carbocycles. The number of hydrogen-bond acceptors (Lipinski definition) is 5. The fraction of sp³-hybridized carbons (Fsp3) is 0.412. The number of rotatable bonds is 4. The Labute approximate surface area is 146 Å². The number of amides is 1. The molecule has 1 atom stereocenters. The molecule has 0 radical (unpaired) electrons. The number of sulfonamides is 1. The van der Waals surface area contributed by atoms with Crippen molar-refractivity contribution in [2.24, 2.45) is 11.1 Å². The van der Waals surface area contributed by atoms with E-state index in [0.29, 0.717) is 36.3 Å². The van der Waals surface area contributed by atoms with Gasteiger partial charge in [0.25, 0.3) is 5.91 Å². The molecule has 1 amide bonds. The van der Waals surface area contributed by atoms with Crippen molar-refractivity contribution in [3.63, 3.8) is 0 Å². The lowest BCUT2D eigenvalue weighted by Crippen LogP contribution is -2.31. The summed E-state index contributed by atoms with van der Waals surface area (Å²) in [6.45, 7) is 2.76. The van der Waals surface area contributed by atoms with Crippen LogP contribution in [0.1, 0.15) is 22.5 Å². The molecule has 1 aromatic heterocycles. The largest absolute Gasteiger partial charge is 0.497 e. The summed E-state index contributed by atoms with van der Waals surface area (Å²) in [7, 11) is -1.95. The molecule has 1 fully saturated rings. The van der Waals surface area contributed by atoms with Crippen LogP contribution >= 0.6 is 0 Å². The molecule has 1 aliphatic rings. The first-order valence-electron chi connectivity index (χ1n) is 8.02. The van der Waals surface area contributed by atoms with Crippen molar-refractivity contribution < 1.29 is 17.9 Å². The van der Waals surface area contributed by atoms with E-state index in [9.17, 15) is 13.2 Å². The summed E-state index contributed by atoms with van der Waals surface area (Å²) in [5, 5.41) is 5.87. The summed E-state index contributed by atoms with van der Waals surface area (Å²) in [6, 6.07) is 7.19. The number of nitrogens with zero attached hydrogens (tertiary/aromatic N) is 2. The molecule has 7 nitrogen and oxygen atoms in total. The second-order valence-electron chi connectivity index (χ2n) is 6.43. The van der Waals surface area contributed by atoms with Crippen LogP contribution in [0.2, 0.25) is 0 Å². The Morgan fingerprint density at radius 1 is 1.40 bits per heavy atom. The highest BCUT2D eigenvalue weighted by atomic mass is 32.2. The average Bonchev–Trinajstić information content (AvgIpc) is 2.99. The average molecular weight is 363 g/mol. The van der Waals surface area contributed by atoms with Gasteiger partial charge in [-0.2, -0.15) is 0 Å². The predicted octanol–water partition coefficient (Wildman–Crippen LogP) is 1.30. The van der Waals surface area contributed by atoms with Crippen molar-refractivity contribution in [2.45, 2.75) is 13.3 Å². The number of ether oxygens (including phenoxy) is 1. The van der Waals surface area contributed by atoms with Gasteiger partial charge >= 0.3 is 0 Å². The number of aryl methyl sites for hydroxylation is 1. The van der Waals surface area contributed by atoms with Crippen LogP contribution in [0.3, 0.4) is 0 Å². The Kier molecular flexibility index (Phi) is 4.66. The van der Waals surface area contributed by atoms with Gasteiger partial charge in [-0.05, 0) is 37.5 Å². The van der Waals surface area contributed by atoms with E-state index >= 15 is 0 Å². The molecule has 3 rings (SSSR count). The van der Waals surface area contributed by atoms with Crippen molar-refractivity contribution in [1.29, 1.82) is 0 Å². The van der Waals surface area contributed by atoms with Gasteiger partial charge in [0.15, 0.2) is 0 Å². The first-order chi connectivity index (χ1) is 11.8. The van der Waals surface area contributed by atoms with Crippen molar-refractivity contribution in [3.8, 4) is 5.75 Å². The fourth-order valence-electron chi connectivity index (χ4n) is 3.30. The third kappa shape index (κ3) is 3.91. The van der Waals surface area contributed by atoms with Crippen molar-refractivity contribution in [1.82, 2.24) is 9.88 Å². The number of pyridine rings is 1. The minimum absolute atomic E-state index is 0.0932. The van der Waals surface area contributed by atoms with Crippen LogP contribution in [0.15, 0.2) is 24.3 Å². The molecule has 134 valence electrons. The second kappa shape index (κ2) is 6.61. The van der Waals surface area contributed by atoms with Crippen LogP contribution in [0.5, 0.6) is 5.75 Å². The van der Waals surface area contributed by atoms with E-state index in [2.05, 4.69) is 4.98 Å². The van der Waals surface area contributed by atoms with Crippen LogP contribution in [0.25, 0.3) is 10.9 Å². The summed E-state index contributed by atoms with van der Waals surface area (Å²) in [5.41, 5.74) is 2.01. The Bertz CT molecular complexity index is 927. The van der Waals surface area contributed by atoms with Gasteiger partial charge in [-0.25, -0.2) is 13.6 Å². The highest BCUT2D eigenvalue weighted by molar-refractivity contribution is 7.89. The summed E-state index contributed by atoms with van der Waals surface area (Å²) in [5.74, 6) is 0.355. The standard InChI is InChI=1S/C17H21N3O4S/c1-11-7-15(14-4-3-13(24-2)8-16(14)19-11)17(21)20-6-5-12(9-20)10-25(18,22)23/h3-4,7-8,12H,5-6,9-10H2,1-2H3,(H2,18,22,23)/t12-/m0/s1. The maximum absolute atomic E-state index is 13.0. The second-order valence-corrected chi connectivity index (χ2v) is 8.09. The first kappa shape index (κ1) is 17.6. The predicted molar refractivity (Wildman–Crippen MR) is 95.0 cm³/mol. The van der Waals surface area contributed by atoms with E-state index in [1.165, 1.54) is 0 Å². The first-order valence-corrected chi connectivity index (χ1v) is 9.73. The Morgan fingerprint density at radius 3 is 2.84 bits per heavy atom. The quantitative estimate of drug-likeness (QED) is 0.882. The monoisotopic (exact) mass is 363 g/mol. The molecule has 0 spiro atoms. The van der Waals surface area contributed by atoms with Crippen molar-refractivity contribution in [3.05, 3.63) is 35.5 Å². The van der Waals surface area contributed by atoms with E-state index in [1.54, 1.807) is 30.2 Å². The van der Waals surface area contributed by atoms with Gasteiger partial charge in [0.1, 0.15) is 5.75 Å². The number of primary sulfonamides is 1. The van der Waals surface area contributed by atoms with Gasteiger partial charge in [0.2, 0.25) is 10.0 Å². The number of carbonyl (C=O) groups excluding carboxylic acids is 1. The molecule has 0 unspecified atom stereocenters. The molecule has 1 aliphatic heterocycles. The number of benzene rings is 1. The van der Waals surface area contributed by atoms with Crippen LogP contribution in [0.4, 0.5) is 0 Å². The van der Waals surface area contributed by atoms with Crippen LogP contribution in [-0.2, 0) is 10.0 Å².